The minimum absolute atomic E-state index is 0.0557. The second-order valence-corrected chi connectivity index (χ2v) is 5.27. The molecule has 0 bridgehead atoms. The van der Waals surface area contributed by atoms with Gasteiger partial charge in [0.15, 0.2) is 6.29 Å². The van der Waals surface area contributed by atoms with Crippen molar-refractivity contribution in [2.24, 2.45) is 0 Å². The molecular formula is C18H24O3. The fourth-order valence-electron chi connectivity index (χ4n) is 2.12. The Morgan fingerprint density at radius 2 is 2.10 bits per heavy atom. The highest BCUT2D eigenvalue weighted by Gasteiger charge is 2.12. The maximum Gasteiger partial charge on any atom is 0.158 e. The Balaban J connectivity index is 1.56. The summed E-state index contributed by atoms with van der Waals surface area (Å²) in [6.45, 7) is 3.93. The van der Waals surface area contributed by atoms with Crippen molar-refractivity contribution in [3.05, 3.63) is 35.9 Å². The summed E-state index contributed by atoms with van der Waals surface area (Å²) in [4.78, 5) is 0. The van der Waals surface area contributed by atoms with Crippen LogP contribution in [-0.2, 0) is 20.8 Å². The molecule has 1 aromatic rings. The van der Waals surface area contributed by atoms with Crippen molar-refractivity contribution in [2.75, 3.05) is 13.2 Å². The highest BCUT2D eigenvalue weighted by atomic mass is 16.7. The highest BCUT2D eigenvalue weighted by Crippen LogP contribution is 2.13. The molecular weight excluding hydrogens is 264 g/mol. The molecule has 0 aromatic heterocycles. The minimum Gasteiger partial charge on any atom is -0.373 e. The van der Waals surface area contributed by atoms with E-state index in [1.807, 2.05) is 25.1 Å². The third kappa shape index (κ3) is 6.77. The van der Waals surface area contributed by atoms with Crippen molar-refractivity contribution in [1.29, 1.82) is 0 Å². The zero-order chi connectivity index (χ0) is 14.8. The summed E-state index contributed by atoms with van der Waals surface area (Å²) in [5.74, 6) is 6.14. The highest BCUT2D eigenvalue weighted by molar-refractivity contribution is 5.13. The molecule has 0 radical (unpaired) electrons. The Morgan fingerprint density at radius 3 is 2.86 bits per heavy atom. The van der Waals surface area contributed by atoms with Gasteiger partial charge in [0.2, 0.25) is 0 Å². The SMILES string of the molecule is C[C@H](CC#CCOC1CCCCO1)OCc1ccccc1. The van der Waals surface area contributed by atoms with Crippen molar-refractivity contribution in [2.45, 2.75) is 51.6 Å². The largest absolute Gasteiger partial charge is 0.373 e. The average molecular weight is 288 g/mol. The van der Waals surface area contributed by atoms with Gasteiger partial charge in [-0.2, -0.15) is 0 Å². The molecule has 1 heterocycles. The van der Waals surface area contributed by atoms with Crippen LogP contribution in [0.3, 0.4) is 0 Å². The molecule has 21 heavy (non-hydrogen) atoms. The third-order valence-electron chi connectivity index (χ3n) is 3.37. The van der Waals surface area contributed by atoms with E-state index in [0.29, 0.717) is 13.2 Å². The molecule has 0 saturated carbocycles. The van der Waals surface area contributed by atoms with Gasteiger partial charge in [0, 0.05) is 13.0 Å². The van der Waals surface area contributed by atoms with Crippen LogP contribution in [0.15, 0.2) is 30.3 Å². The first kappa shape index (κ1) is 16.0. The van der Waals surface area contributed by atoms with Crippen LogP contribution in [0.2, 0.25) is 0 Å². The maximum atomic E-state index is 5.76. The predicted octanol–water partition coefficient (Wildman–Crippen LogP) is 3.53. The standard InChI is InChI=1S/C18H24O3/c1-16(21-15-17-10-3-2-4-11-17)9-5-7-13-19-18-12-6-8-14-20-18/h2-4,10-11,16,18H,6,8-9,12-15H2,1H3/t16-,18?/m1/s1. The molecule has 0 aliphatic carbocycles. The number of benzene rings is 1. The Morgan fingerprint density at radius 1 is 1.24 bits per heavy atom. The molecule has 1 fully saturated rings. The van der Waals surface area contributed by atoms with Crippen LogP contribution in [0.5, 0.6) is 0 Å². The molecule has 3 heteroatoms. The van der Waals surface area contributed by atoms with E-state index >= 15 is 0 Å². The van der Waals surface area contributed by atoms with Crippen LogP contribution in [-0.4, -0.2) is 25.6 Å². The molecule has 2 rings (SSSR count). The van der Waals surface area contributed by atoms with Crippen LogP contribution in [0.1, 0.15) is 38.2 Å². The first-order chi connectivity index (χ1) is 10.3. The van der Waals surface area contributed by atoms with Gasteiger partial charge < -0.3 is 14.2 Å². The van der Waals surface area contributed by atoms with E-state index in [1.165, 1.54) is 12.0 Å². The number of ether oxygens (including phenoxy) is 3. The lowest BCUT2D eigenvalue weighted by Crippen LogP contribution is -2.22. The topological polar surface area (TPSA) is 27.7 Å². The predicted molar refractivity (Wildman–Crippen MR) is 82.6 cm³/mol. The zero-order valence-corrected chi connectivity index (χ0v) is 12.7. The monoisotopic (exact) mass is 288 g/mol. The summed E-state index contributed by atoms with van der Waals surface area (Å²) in [6, 6.07) is 10.2. The van der Waals surface area contributed by atoms with Gasteiger partial charge in [0.1, 0.15) is 6.61 Å². The molecule has 1 aliphatic heterocycles. The van der Waals surface area contributed by atoms with Crippen LogP contribution in [0.4, 0.5) is 0 Å². The molecule has 3 nitrogen and oxygen atoms in total. The van der Waals surface area contributed by atoms with Crippen molar-refractivity contribution in [3.8, 4) is 11.8 Å². The second-order valence-electron chi connectivity index (χ2n) is 5.27. The van der Waals surface area contributed by atoms with E-state index < -0.39 is 0 Å². The van der Waals surface area contributed by atoms with Gasteiger partial charge in [-0.15, -0.1) is 0 Å². The van der Waals surface area contributed by atoms with Gasteiger partial charge in [-0.05, 0) is 31.7 Å². The third-order valence-corrected chi connectivity index (χ3v) is 3.37. The first-order valence-corrected chi connectivity index (χ1v) is 7.69. The summed E-state index contributed by atoms with van der Waals surface area (Å²) < 4.78 is 16.8. The maximum absolute atomic E-state index is 5.76. The van der Waals surface area contributed by atoms with Gasteiger partial charge >= 0.3 is 0 Å². The van der Waals surface area contributed by atoms with Gasteiger partial charge in [0.25, 0.3) is 0 Å². The molecule has 0 amide bonds. The minimum atomic E-state index is -0.0557. The normalized spacial score (nSPS) is 19.6. The molecule has 0 N–H and O–H groups in total. The summed E-state index contributed by atoms with van der Waals surface area (Å²) in [6.07, 6.45) is 4.10. The molecule has 0 spiro atoms. The summed E-state index contributed by atoms with van der Waals surface area (Å²) in [5, 5.41) is 0. The molecule has 1 unspecified atom stereocenters. The molecule has 114 valence electrons. The second kappa shape index (κ2) is 9.57. The van der Waals surface area contributed by atoms with Gasteiger partial charge in [-0.3, -0.25) is 0 Å². The van der Waals surface area contributed by atoms with Crippen LogP contribution in [0, 0.1) is 11.8 Å². The van der Waals surface area contributed by atoms with Gasteiger partial charge in [-0.25, -0.2) is 0 Å². The van der Waals surface area contributed by atoms with E-state index in [4.69, 9.17) is 14.2 Å². The van der Waals surface area contributed by atoms with Crippen molar-refractivity contribution < 1.29 is 14.2 Å². The van der Waals surface area contributed by atoms with E-state index in [0.717, 1.165) is 25.9 Å². The van der Waals surface area contributed by atoms with Gasteiger partial charge in [0.05, 0.1) is 12.7 Å². The van der Waals surface area contributed by atoms with Crippen LogP contribution >= 0.6 is 0 Å². The lowest BCUT2D eigenvalue weighted by atomic mass is 10.2. The molecule has 2 atom stereocenters. The summed E-state index contributed by atoms with van der Waals surface area (Å²) >= 11 is 0. The van der Waals surface area contributed by atoms with Gasteiger partial charge in [-0.1, -0.05) is 42.2 Å². The Bertz CT molecular complexity index is 441. The molecule has 1 saturated heterocycles. The van der Waals surface area contributed by atoms with E-state index in [1.54, 1.807) is 0 Å². The van der Waals surface area contributed by atoms with Crippen molar-refractivity contribution in [3.63, 3.8) is 0 Å². The van der Waals surface area contributed by atoms with E-state index in [9.17, 15) is 0 Å². The first-order valence-electron chi connectivity index (χ1n) is 7.69. The number of rotatable bonds is 6. The fourth-order valence-corrected chi connectivity index (χ4v) is 2.12. The quantitative estimate of drug-likeness (QED) is 0.750. The van der Waals surface area contributed by atoms with Crippen LogP contribution < -0.4 is 0 Å². The fraction of sp³-hybridized carbons (Fsp3) is 0.556. The van der Waals surface area contributed by atoms with E-state index in [-0.39, 0.29) is 12.4 Å². The van der Waals surface area contributed by atoms with E-state index in [2.05, 4.69) is 24.0 Å². The van der Waals surface area contributed by atoms with Crippen LogP contribution in [0.25, 0.3) is 0 Å². The summed E-state index contributed by atoms with van der Waals surface area (Å²) in [5.41, 5.74) is 1.19. The Kier molecular flexibility index (Phi) is 7.31. The smallest absolute Gasteiger partial charge is 0.158 e. The summed E-state index contributed by atoms with van der Waals surface area (Å²) in [7, 11) is 0. The zero-order valence-electron chi connectivity index (χ0n) is 12.7. The number of hydrogen-bond donors (Lipinski definition) is 0. The average Bonchev–Trinajstić information content (AvgIpc) is 2.54. The number of hydrogen-bond acceptors (Lipinski definition) is 3. The van der Waals surface area contributed by atoms with Crippen molar-refractivity contribution >= 4 is 0 Å². The van der Waals surface area contributed by atoms with Crippen molar-refractivity contribution in [1.82, 2.24) is 0 Å². The molecule has 1 aliphatic rings. The Labute approximate surface area is 127 Å². The lowest BCUT2D eigenvalue weighted by Gasteiger charge is -2.21. The lowest BCUT2D eigenvalue weighted by molar-refractivity contribution is -0.154. The Hall–Kier alpha value is -1.34. The molecule has 1 aromatic carbocycles.